The quantitative estimate of drug-likeness (QED) is 0.632. The Morgan fingerprint density at radius 2 is 1.58 bits per heavy atom. The third-order valence-electron chi connectivity index (χ3n) is 6.73. The van der Waals surface area contributed by atoms with Gasteiger partial charge in [0, 0.05) is 42.1 Å². The molecule has 0 saturated carbocycles. The normalized spacial score (nSPS) is 18.0. The molecule has 0 radical (unpaired) electrons. The molecule has 0 atom stereocenters. The summed E-state index contributed by atoms with van der Waals surface area (Å²) in [6, 6.07) is 21.7. The van der Waals surface area contributed by atoms with Gasteiger partial charge in [-0.05, 0) is 68.9 Å². The minimum absolute atomic E-state index is 0.0902. The molecular weight excluding hydrogens is 386 g/mol. The second-order valence-corrected chi connectivity index (χ2v) is 9.02. The Balaban J connectivity index is 1.22. The summed E-state index contributed by atoms with van der Waals surface area (Å²) in [7, 11) is 2.21. The first kappa shape index (κ1) is 19.9. The van der Waals surface area contributed by atoms with Crippen molar-refractivity contribution in [2.75, 3.05) is 38.1 Å². The van der Waals surface area contributed by atoms with Crippen LogP contribution in [0.3, 0.4) is 0 Å². The first-order chi connectivity index (χ1) is 15.1. The van der Waals surface area contributed by atoms with Crippen LogP contribution in [0.2, 0.25) is 0 Å². The van der Waals surface area contributed by atoms with E-state index in [0.29, 0.717) is 17.8 Å². The molecule has 0 aliphatic carbocycles. The van der Waals surface area contributed by atoms with Gasteiger partial charge in [0.15, 0.2) is 0 Å². The van der Waals surface area contributed by atoms with Crippen LogP contribution in [0.25, 0.3) is 5.69 Å². The van der Waals surface area contributed by atoms with E-state index >= 15 is 0 Å². The minimum Gasteiger partial charge on any atom is -0.489 e. The molecular formula is C26H29N3O2. The molecule has 2 fully saturated rings. The van der Waals surface area contributed by atoms with E-state index in [4.69, 9.17) is 4.74 Å². The van der Waals surface area contributed by atoms with Crippen molar-refractivity contribution < 1.29 is 4.74 Å². The van der Waals surface area contributed by atoms with Crippen LogP contribution >= 0.6 is 0 Å². The second-order valence-electron chi connectivity index (χ2n) is 9.02. The zero-order valence-corrected chi connectivity index (χ0v) is 18.0. The largest absolute Gasteiger partial charge is 0.489 e. The summed E-state index contributed by atoms with van der Waals surface area (Å²) in [5.74, 6) is 0.589. The molecule has 31 heavy (non-hydrogen) atoms. The Hall–Kier alpha value is -3.05. The number of nitrogens with zero attached hydrogens (tertiary/aromatic N) is 3. The smallest absolute Gasteiger partial charge is 0.258 e. The van der Waals surface area contributed by atoms with Crippen LogP contribution in [0.15, 0.2) is 77.7 Å². The lowest BCUT2D eigenvalue weighted by Gasteiger charge is -2.54. The standard InChI is InChI=1S/C26H29N3O2/c1-27-15-12-26(13-16-27)19-28(20-26)22-7-9-23(10-8-22)29-14-11-24(17-25(29)30)31-18-21-5-3-2-4-6-21/h2-11,14,17H,12-13,15-16,18-20H2,1H3. The van der Waals surface area contributed by atoms with Crippen LogP contribution in [0.1, 0.15) is 18.4 Å². The third-order valence-corrected chi connectivity index (χ3v) is 6.73. The molecule has 0 N–H and O–H groups in total. The van der Waals surface area contributed by atoms with Gasteiger partial charge in [-0.1, -0.05) is 30.3 Å². The Morgan fingerprint density at radius 1 is 0.903 bits per heavy atom. The highest BCUT2D eigenvalue weighted by Gasteiger charge is 2.44. The fourth-order valence-electron chi connectivity index (χ4n) is 4.68. The van der Waals surface area contributed by atoms with Gasteiger partial charge in [-0.25, -0.2) is 0 Å². The van der Waals surface area contributed by atoms with Crippen LogP contribution in [0.5, 0.6) is 5.75 Å². The number of ether oxygens (including phenoxy) is 1. The number of benzene rings is 2. The highest BCUT2D eigenvalue weighted by Crippen LogP contribution is 2.42. The van der Waals surface area contributed by atoms with Crippen LogP contribution in [0, 0.1) is 5.41 Å². The number of rotatable bonds is 5. The Kier molecular flexibility index (Phi) is 5.28. The van der Waals surface area contributed by atoms with Crippen molar-refractivity contribution >= 4 is 5.69 Å². The molecule has 2 aliphatic heterocycles. The number of pyridine rings is 1. The van der Waals surface area contributed by atoms with Gasteiger partial charge >= 0.3 is 0 Å². The van der Waals surface area contributed by atoms with E-state index in [9.17, 15) is 4.79 Å². The van der Waals surface area contributed by atoms with Crippen LogP contribution < -0.4 is 15.2 Å². The molecule has 2 aliphatic rings. The van der Waals surface area contributed by atoms with Gasteiger partial charge in [-0.3, -0.25) is 9.36 Å². The van der Waals surface area contributed by atoms with Gasteiger partial charge in [-0.15, -0.1) is 0 Å². The average Bonchev–Trinajstić information content (AvgIpc) is 2.78. The summed E-state index contributed by atoms with van der Waals surface area (Å²) >= 11 is 0. The minimum atomic E-state index is -0.0902. The molecule has 3 aromatic rings. The van der Waals surface area contributed by atoms with Crippen molar-refractivity contribution in [3.63, 3.8) is 0 Å². The van der Waals surface area contributed by atoms with Crippen molar-refractivity contribution in [2.45, 2.75) is 19.4 Å². The molecule has 1 spiro atoms. The fourth-order valence-corrected chi connectivity index (χ4v) is 4.68. The molecule has 2 saturated heterocycles. The van der Waals surface area contributed by atoms with Crippen molar-refractivity contribution in [2.24, 2.45) is 5.41 Å². The van der Waals surface area contributed by atoms with E-state index in [1.807, 2.05) is 48.5 Å². The number of hydrogen-bond acceptors (Lipinski definition) is 4. The van der Waals surface area contributed by atoms with E-state index in [0.717, 1.165) is 24.3 Å². The molecule has 5 heteroatoms. The fraction of sp³-hybridized carbons (Fsp3) is 0.346. The predicted molar refractivity (Wildman–Crippen MR) is 124 cm³/mol. The second kappa shape index (κ2) is 8.23. The summed E-state index contributed by atoms with van der Waals surface area (Å²) in [6.07, 6.45) is 4.38. The average molecular weight is 416 g/mol. The van der Waals surface area contributed by atoms with Crippen LogP contribution in [-0.4, -0.2) is 42.7 Å². The zero-order valence-electron chi connectivity index (χ0n) is 18.0. The molecule has 5 nitrogen and oxygen atoms in total. The van der Waals surface area contributed by atoms with E-state index in [-0.39, 0.29) is 5.56 Å². The van der Waals surface area contributed by atoms with Gasteiger partial charge in [0.25, 0.3) is 5.56 Å². The lowest BCUT2D eigenvalue weighted by molar-refractivity contribution is 0.0906. The highest BCUT2D eigenvalue weighted by atomic mass is 16.5. The number of hydrogen-bond donors (Lipinski definition) is 0. The van der Waals surface area contributed by atoms with Crippen molar-refractivity contribution in [1.29, 1.82) is 0 Å². The van der Waals surface area contributed by atoms with Crippen molar-refractivity contribution in [1.82, 2.24) is 9.47 Å². The highest BCUT2D eigenvalue weighted by molar-refractivity contribution is 5.53. The maximum Gasteiger partial charge on any atom is 0.258 e. The SMILES string of the molecule is CN1CCC2(CC1)CN(c1ccc(-n3ccc(OCc4ccccc4)cc3=O)cc1)C2. The third kappa shape index (κ3) is 4.23. The maximum atomic E-state index is 12.6. The molecule has 2 aromatic carbocycles. The Bertz CT molecular complexity index is 1080. The maximum absolute atomic E-state index is 12.6. The van der Waals surface area contributed by atoms with Gasteiger partial charge < -0.3 is 14.5 Å². The predicted octanol–water partition coefficient (Wildman–Crippen LogP) is 3.95. The summed E-state index contributed by atoms with van der Waals surface area (Å²) in [5.41, 5.74) is 3.61. The van der Waals surface area contributed by atoms with E-state index in [1.165, 1.54) is 31.6 Å². The molecule has 0 bridgehead atoms. The molecule has 3 heterocycles. The van der Waals surface area contributed by atoms with Gasteiger partial charge in [0.1, 0.15) is 12.4 Å². The molecule has 5 rings (SSSR count). The van der Waals surface area contributed by atoms with Gasteiger partial charge in [0.05, 0.1) is 0 Å². The Labute approximate surface area is 183 Å². The van der Waals surface area contributed by atoms with Crippen LogP contribution in [0.4, 0.5) is 5.69 Å². The first-order valence-electron chi connectivity index (χ1n) is 11.0. The van der Waals surface area contributed by atoms with Crippen molar-refractivity contribution in [3.05, 3.63) is 88.8 Å². The van der Waals surface area contributed by atoms with Gasteiger partial charge in [0.2, 0.25) is 0 Å². The summed E-state index contributed by atoms with van der Waals surface area (Å²) in [6.45, 7) is 5.16. The topological polar surface area (TPSA) is 37.7 Å². The molecule has 1 aromatic heterocycles. The lowest BCUT2D eigenvalue weighted by Crippen LogP contribution is -2.60. The summed E-state index contributed by atoms with van der Waals surface area (Å²) in [4.78, 5) is 17.5. The van der Waals surface area contributed by atoms with Crippen LogP contribution in [-0.2, 0) is 6.61 Å². The number of anilines is 1. The van der Waals surface area contributed by atoms with E-state index < -0.39 is 0 Å². The molecule has 160 valence electrons. The Morgan fingerprint density at radius 3 is 2.26 bits per heavy atom. The number of aromatic nitrogens is 1. The summed E-state index contributed by atoms with van der Waals surface area (Å²) in [5, 5.41) is 0. The summed E-state index contributed by atoms with van der Waals surface area (Å²) < 4.78 is 7.44. The number of piperidine rings is 1. The number of likely N-dealkylation sites (tertiary alicyclic amines) is 1. The van der Waals surface area contributed by atoms with Gasteiger partial charge in [-0.2, -0.15) is 0 Å². The lowest BCUT2D eigenvalue weighted by atomic mass is 9.72. The van der Waals surface area contributed by atoms with Crippen molar-refractivity contribution in [3.8, 4) is 11.4 Å². The first-order valence-corrected chi connectivity index (χ1v) is 11.0. The van der Waals surface area contributed by atoms with E-state index in [1.54, 1.807) is 16.8 Å². The zero-order chi connectivity index (χ0) is 21.3. The molecule has 0 amide bonds. The monoisotopic (exact) mass is 415 g/mol. The molecule has 0 unspecified atom stereocenters. The van der Waals surface area contributed by atoms with E-state index in [2.05, 4.69) is 29.0 Å².